The summed E-state index contributed by atoms with van der Waals surface area (Å²) in [6.45, 7) is 0.252. The number of aromatic nitrogens is 2. The first-order chi connectivity index (χ1) is 8.22. The lowest BCUT2D eigenvalue weighted by atomic mass is 10.2. The number of hydrogen-bond acceptors (Lipinski definition) is 4. The lowest BCUT2D eigenvalue weighted by molar-refractivity contribution is 0.0482. The Kier molecular flexibility index (Phi) is 3.39. The standard InChI is InChI=1S/C12H14N2O3/c1-14-8-13-10-7-9(3-4-11(10)14)12(16)17-6-2-5-15/h3-4,7-8,15H,2,5-6H2,1H3. The molecule has 1 aromatic heterocycles. The van der Waals surface area contributed by atoms with Crippen LogP contribution in [-0.2, 0) is 11.8 Å². The van der Waals surface area contributed by atoms with Crippen LogP contribution in [0, 0.1) is 0 Å². The first kappa shape index (κ1) is 11.6. The molecule has 5 nitrogen and oxygen atoms in total. The molecular formula is C12H14N2O3. The van der Waals surface area contributed by atoms with E-state index < -0.39 is 0 Å². The maximum absolute atomic E-state index is 11.6. The van der Waals surface area contributed by atoms with Crippen LogP contribution in [0.2, 0.25) is 0 Å². The molecule has 0 bridgehead atoms. The number of imidazole rings is 1. The van der Waals surface area contributed by atoms with Crippen LogP contribution in [0.15, 0.2) is 24.5 Å². The number of aryl methyl sites for hydroxylation is 1. The number of nitrogens with zero attached hydrogens (tertiary/aromatic N) is 2. The highest BCUT2D eigenvalue weighted by Gasteiger charge is 2.09. The Morgan fingerprint density at radius 2 is 2.35 bits per heavy atom. The minimum Gasteiger partial charge on any atom is -0.462 e. The molecular weight excluding hydrogens is 220 g/mol. The molecule has 0 saturated heterocycles. The molecule has 1 heterocycles. The molecule has 0 atom stereocenters. The molecule has 1 N–H and O–H groups in total. The van der Waals surface area contributed by atoms with Crippen molar-refractivity contribution in [2.24, 2.45) is 7.05 Å². The van der Waals surface area contributed by atoms with Gasteiger partial charge in [-0.15, -0.1) is 0 Å². The van der Waals surface area contributed by atoms with E-state index in [1.807, 2.05) is 17.7 Å². The fraction of sp³-hybridized carbons (Fsp3) is 0.333. The third kappa shape index (κ3) is 2.45. The maximum atomic E-state index is 11.6. The van der Waals surface area contributed by atoms with Crippen LogP contribution in [0.25, 0.3) is 11.0 Å². The summed E-state index contributed by atoms with van der Waals surface area (Å²) >= 11 is 0. The zero-order valence-corrected chi connectivity index (χ0v) is 9.59. The van der Waals surface area contributed by atoms with Crippen molar-refractivity contribution in [3.63, 3.8) is 0 Å². The number of aliphatic hydroxyl groups is 1. The van der Waals surface area contributed by atoms with Crippen LogP contribution in [0.5, 0.6) is 0 Å². The van der Waals surface area contributed by atoms with Gasteiger partial charge in [-0.05, 0) is 18.2 Å². The van der Waals surface area contributed by atoms with Gasteiger partial charge in [0.25, 0.3) is 0 Å². The van der Waals surface area contributed by atoms with E-state index in [4.69, 9.17) is 9.84 Å². The zero-order chi connectivity index (χ0) is 12.3. The number of carbonyl (C=O) groups excluding carboxylic acids is 1. The average molecular weight is 234 g/mol. The van der Waals surface area contributed by atoms with Crippen molar-refractivity contribution >= 4 is 17.0 Å². The van der Waals surface area contributed by atoms with Crippen LogP contribution < -0.4 is 0 Å². The molecule has 90 valence electrons. The number of esters is 1. The van der Waals surface area contributed by atoms with Crippen LogP contribution in [0.3, 0.4) is 0 Å². The molecule has 0 aliphatic rings. The summed E-state index contributed by atoms with van der Waals surface area (Å²) < 4.78 is 6.88. The fourth-order valence-electron chi connectivity index (χ4n) is 1.58. The van der Waals surface area contributed by atoms with Gasteiger partial charge in [-0.3, -0.25) is 0 Å². The predicted molar refractivity (Wildman–Crippen MR) is 62.7 cm³/mol. The summed E-state index contributed by atoms with van der Waals surface area (Å²) in [5.74, 6) is -0.383. The van der Waals surface area contributed by atoms with Crippen LogP contribution in [0.4, 0.5) is 0 Å². The monoisotopic (exact) mass is 234 g/mol. The molecule has 0 radical (unpaired) electrons. The summed E-state index contributed by atoms with van der Waals surface area (Å²) in [6, 6.07) is 5.26. The smallest absolute Gasteiger partial charge is 0.338 e. The maximum Gasteiger partial charge on any atom is 0.338 e. The van der Waals surface area contributed by atoms with Gasteiger partial charge >= 0.3 is 5.97 Å². The van der Waals surface area contributed by atoms with E-state index in [9.17, 15) is 4.79 Å². The number of ether oxygens (including phenoxy) is 1. The van der Waals surface area contributed by atoms with Crippen molar-refractivity contribution < 1.29 is 14.6 Å². The first-order valence-corrected chi connectivity index (χ1v) is 5.41. The second kappa shape index (κ2) is 4.97. The molecule has 0 unspecified atom stereocenters. The number of hydrogen-bond donors (Lipinski definition) is 1. The van der Waals surface area contributed by atoms with Gasteiger partial charge in [-0.2, -0.15) is 0 Å². The molecule has 2 rings (SSSR count). The van der Waals surface area contributed by atoms with Crippen molar-refractivity contribution in [1.29, 1.82) is 0 Å². The SMILES string of the molecule is Cn1cnc2cc(C(=O)OCCCO)ccc21. The average Bonchev–Trinajstić information content (AvgIpc) is 2.71. The van der Waals surface area contributed by atoms with Crippen molar-refractivity contribution in [3.8, 4) is 0 Å². The fourth-order valence-corrected chi connectivity index (χ4v) is 1.58. The quantitative estimate of drug-likeness (QED) is 0.636. The molecule has 0 aliphatic heterocycles. The van der Waals surface area contributed by atoms with Gasteiger partial charge in [0, 0.05) is 20.1 Å². The molecule has 0 spiro atoms. The molecule has 1 aromatic carbocycles. The van der Waals surface area contributed by atoms with Gasteiger partial charge in [-0.1, -0.05) is 0 Å². The van der Waals surface area contributed by atoms with Gasteiger partial charge in [-0.25, -0.2) is 9.78 Å². The van der Waals surface area contributed by atoms with E-state index in [1.165, 1.54) is 0 Å². The zero-order valence-electron chi connectivity index (χ0n) is 9.59. The molecule has 0 fully saturated rings. The number of carbonyl (C=O) groups is 1. The minimum absolute atomic E-state index is 0.0204. The molecule has 5 heteroatoms. The van der Waals surface area contributed by atoms with Crippen LogP contribution >= 0.6 is 0 Å². The Morgan fingerprint density at radius 1 is 1.53 bits per heavy atom. The number of aliphatic hydroxyl groups excluding tert-OH is 1. The molecule has 17 heavy (non-hydrogen) atoms. The van der Waals surface area contributed by atoms with Crippen molar-refractivity contribution in [1.82, 2.24) is 9.55 Å². The summed E-state index contributed by atoms with van der Waals surface area (Å²) in [5.41, 5.74) is 2.22. The third-order valence-corrected chi connectivity index (χ3v) is 2.50. The largest absolute Gasteiger partial charge is 0.462 e. The van der Waals surface area contributed by atoms with Gasteiger partial charge in [0.2, 0.25) is 0 Å². The van der Waals surface area contributed by atoms with Crippen molar-refractivity contribution in [2.75, 3.05) is 13.2 Å². The van der Waals surface area contributed by atoms with E-state index in [2.05, 4.69) is 4.98 Å². The highest BCUT2D eigenvalue weighted by atomic mass is 16.5. The normalized spacial score (nSPS) is 10.7. The second-order valence-corrected chi connectivity index (χ2v) is 3.77. The number of benzene rings is 1. The van der Waals surface area contributed by atoms with E-state index >= 15 is 0 Å². The van der Waals surface area contributed by atoms with Gasteiger partial charge in [0.1, 0.15) is 0 Å². The van der Waals surface area contributed by atoms with Gasteiger partial charge in [0.15, 0.2) is 0 Å². The van der Waals surface area contributed by atoms with Gasteiger partial charge in [0.05, 0.1) is 29.5 Å². The lowest BCUT2D eigenvalue weighted by Crippen LogP contribution is -2.07. The Labute approximate surface area is 98.6 Å². The molecule has 0 aliphatic carbocycles. The Hall–Kier alpha value is -1.88. The predicted octanol–water partition coefficient (Wildman–Crippen LogP) is 1.11. The van der Waals surface area contributed by atoms with Crippen molar-refractivity contribution in [2.45, 2.75) is 6.42 Å². The Balaban J connectivity index is 2.15. The van der Waals surface area contributed by atoms with Gasteiger partial charge < -0.3 is 14.4 Å². The van der Waals surface area contributed by atoms with E-state index in [0.717, 1.165) is 11.0 Å². The molecule has 2 aromatic rings. The topological polar surface area (TPSA) is 64.4 Å². The van der Waals surface area contributed by atoms with E-state index in [0.29, 0.717) is 12.0 Å². The summed E-state index contributed by atoms with van der Waals surface area (Å²) in [4.78, 5) is 15.8. The Bertz CT molecular complexity index is 534. The van der Waals surface area contributed by atoms with Crippen molar-refractivity contribution in [3.05, 3.63) is 30.1 Å². The summed E-state index contributed by atoms with van der Waals surface area (Å²) in [6.07, 6.45) is 2.16. The summed E-state index contributed by atoms with van der Waals surface area (Å²) in [7, 11) is 1.90. The second-order valence-electron chi connectivity index (χ2n) is 3.77. The highest BCUT2D eigenvalue weighted by Crippen LogP contribution is 2.14. The number of fused-ring (bicyclic) bond motifs is 1. The highest BCUT2D eigenvalue weighted by molar-refractivity contribution is 5.93. The molecule has 0 amide bonds. The van der Waals surface area contributed by atoms with E-state index in [-0.39, 0.29) is 19.2 Å². The summed E-state index contributed by atoms with van der Waals surface area (Å²) in [5, 5.41) is 8.59. The van der Waals surface area contributed by atoms with Crippen LogP contribution in [0.1, 0.15) is 16.8 Å². The minimum atomic E-state index is -0.383. The third-order valence-electron chi connectivity index (χ3n) is 2.50. The molecule has 0 saturated carbocycles. The van der Waals surface area contributed by atoms with Crippen LogP contribution in [-0.4, -0.2) is 33.8 Å². The number of rotatable bonds is 4. The van der Waals surface area contributed by atoms with E-state index in [1.54, 1.807) is 18.5 Å². The lowest BCUT2D eigenvalue weighted by Gasteiger charge is -2.03. The first-order valence-electron chi connectivity index (χ1n) is 5.41. The Morgan fingerprint density at radius 3 is 3.12 bits per heavy atom.